The molecule has 1 fully saturated rings. The van der Waals surface area contributed by atoms with E-state index in [1.54, 1.807) is 13.2 Å². The molecule has 9 heteroatoms. The van der Waals surface area contributed by atoms with Gasteiger partial charge in [-0.15, -0.1) is 24.0 Å². The van der Waals surface area contributed by atoms with Gasteiger partial charge in [-0.2, -0.15) is 0 Å². The fourth-order valence-electron chi connectivity index (χ4n) is 3.03. The van der Waals surface area contributed by atoms with Gasteiger partial charge in [0.15, 0.2) is 12.6 Å². The molecule has 0 saturated carbocycles. The SMILES string of the molecule is CCNC(=NCc1cccc(OCC(N)=O)c1)N1CCC(COCCOC)C1.I. The van der Waals surface area contributed by atoms with Crippen molar-refractivity contribution in [1.82, 2.24) is 10.2 Å². The van der Waals surface area contributed by atoms with Crippen molar-refractivity contribution in [3.63, 3.8) is 0 Å². The highest BCUT2D eigenvalue weighted by Crippen LogP contribution is 2.18. The van der Waals surface area contributed by atoms with E-state index in [1.165, 1.54) is 0 Å². The maximum absolute atomic E-state index is 10.9. The lowest BCUT2D eigenvalue weighted by Gasteiger charge is -2.21. The Morgan fingerprint density at radius 1 is 1.38 bits per heavy atom. The van der Waals surface area contributed by atoms with Crippen LogP contribution in [0.2, 0.25) is 0 Å². The molecule has 3 N–H and O–H groups in total. The number of rotatable bonds is 11. The smallest absolute Gasteiger partial charge is 0.255 e. The van der Waals surface area contributed by atoms with E-state index in [0.29, 0.717) is 31.4 Å². The molecular formula is C20H33IN4O4. The van der Waals surface area contributed by atoms with Gasteiger partial charge in [0.05, 0.1) is 26.4 Å². The minimum absolute atomic E-state index is 0. The number of primary amides is 1. The van der Waals surface area contributed by atoms with Crippen molar-refractivity contribution in [2.24, 2.45) is 16.6 Å². The Kier molecular flexibility index (Phi) is 12.6. The van der Waals surface area contributed by atoms with E-state index in [2.05, 4.69) is 17.1 Å². The number of guanidine groups is 1. The Morgan fingerprint density at radius 2 is 2.21 bits per heavy atom. The largest absolute Gasteiger partial charge is 0.484 e. The van der Waals surface area contributed by atoms with Gasteiger partial charge in [-0.3, -0.25) is 4.79 Å². The second kappa shape index (κ2) is 14.4. The highest BCUT2D eigenvalue weighted by atomic mass is 127. The van der Waals surface area contributed by atoms with Crippen LogP contribution in [0.15, 0.2) is 29.3 Å². The number of nitrogens with zero attached hydrogens (tertiary/aromatic N) is 2. The molecule has 2 rings (SSSR count). The topological polar surface area (TPSA) is 98.4 Å². The number of carbonyl (C=O) groups excluding carboxylic acids is 1. The lowest BCUT2D eigenvalue weighted by molar-refractivity contribution is -0.119. The molecule has 0 bridgehead atoms. The standard InChI is InChI=1S/C20H32N4O4.HI/c1-3-22-20(24-8-7-17(13-24)14-27-10-9-26-2)23-12-16-5-4-6-18(11-16)28-15-19(21)25;/h4-6,11,17H,3,7-10,12-15H2,1-2H3,(H2,21,25)(H,22,23);1H. The summed E-state index contributed by atoms with van der Waals surface area (Å²) in [6, 6.07) is 7.56. The first kappa shape index (κ1) is 25.4. The predicted molar refractivity (Wildman–Crippen MR) is 124 cm³/mol. The number of halogens is 1. The van der Waals surface area contributed by atoms with Gasteiger partial charge in [0, 0.05) is 32.7 Å². The number of hydrogen-bond donors (Lipinski definition) is 2. The first-order valence-corrected chi connectivity index (χ1v) is 9.72. The summed E-state index contributed by atoms with van der Waals surface area (Å²) < 4.78 is 16.0. The first-order valence-electron chi connectivity index (χ1n) is 9.72. The van der Waals surface area contributed by atoms with Crippen LogP contribution in [0.3, 0.4) is 0 Å². The van der Waals surface area contributed by atoms with Crippen LogP contribution in [0.25, 0.3) is 0 Å². The molecule has 1 atom stereocenters. The number of aliphatic imine (C=N–C) groups is 1. The van der Waals surface area contributed by atoms with E-state index < -0.39 is 5.91 Å². The Balaban J connectivity index is 0.00000420. The summed E-state index contributed by atoms with van der Waals surface area (Å²) in [5, 5.41) is 3.37. The summed E-state index contributed by atoms with van der Waals surface area (Å²) in [5.41, 5.74) is 6.13. The zero-order valence-electron chi connectivity index (χ0n) is 17.3. The van der Waals surface area contributed by atoms with Gasteiger partial charge in [0.2, 0.25) is 0 Å². The van der Waals surface area contributed by atoms with Crippen molar-refractivity contribution >= 4 is 35.8 Å². The van der Waals surface area contributed by atoms with Gasteiger partial charge >= 0.3 is 0 Å². The summed E-state index contributed by atoms with van der Waals surface area (Å²) in [6.45, 7) is 7.18. The third-order valence-electron chi connectivity index (χ3n) is 4.40. The van der Waals surface area contributed by atoms with Gasteiger partial charge in [-0.1, -0.05) is 12.1 Å². The van der Waals surface area contributed by atoms with Crippen LogP contribution in [0.1, 0.15) is 18.9 Å². The van der Waals surface area contributed by atoms with Crippen LogP contribution < -0.4 is 15.8 Å². The molecule has 1 heterocycles. The van der Waals surface area contributed by atoms with E-state index in [-0.39, 0.29) is 30.6 Å². The monoisotopic (exact) mass is 520 g/mol. The van der Waals surface area contributed by atoms with Crippen LogP contribution in [-0.4, -0.2) is 69.9 Å². The van der Waals surface area contributed by atoms with Crippen LogP contribution in [0, 0.1) is 5.92 Å². The fourth-order valence-corrected chi connectivity index (χ4v) is 3.03. The third kappa shape index (κ3) is 9.64. The molecule has 0 spiro atoms. The van der Waals surface area contributed by atoms with Crippen molar-refractivity contribution in [3.8, 4) is 5.75 Å². The molecule has 1 aromatic carbocycles. The highest BCUT2D eigenvalue weighted by molar-refractivity contribution is 14.0. The zero-order valence-corrected chi connectivity index (χ0v) is 19.6. The average Bonchev–Trinajstić information content (AvgIpc) is 3.16. The maximum Gasteiger partial charge on any atom is 0.255 e. The molecular weight excluding hydrogens is 487 g/mol. The van der Waals surface area contributed by atoms with Crippen molar-refractivity contribution < 1.29 is 19.0 Å². The van der Waals surface area contributed by atoms with E-state index in [1.807, 2.05) is 18.2 Å². The van der Waals surface area contributed by atoms with Crippen LogP contribution in [-0.2, 0) is 20.8 Å². The van der Waals surface area contributed by atoms with Crippen molar-refractivity contribution in [1.29, 1.82) is 0 Å². The Morgan fingerprint density at radius 3 is 2.93 bits per heavy atom. The van der Waals surface area contributed by atoms with Crippen molar-refractivity contribution in [2.45, 2.75) is 19.9 Å². The van der Waals surface area contributed by atoms with Gasteiger partial charge in [0.25, 0.3) is 5.91 Å². The molecule has 29 heavy (non-hydrogen) atoms. The Labute approximate surface area is 190 Å². The molecule has 0 aromatic heterocycles. The van der Waals surface area contributed by atoms with Crippen molar-refractivity contribution in [2.75, 3.05) is 53.2 Å². The predicted octanol–water partition coefficient (Wildman–Crippen LogP) is 1.62. The number of hydrogen-bond acceptors (Lipinski definition) is 5. The minimum atomic E-state index is -0.493. The summed E-state index contributed by atoms with van der Waals surface area (Å²) >= 11 is 0. The van der Waals surface area contributed by atoms with E-state index in [0.717, 1.165) is 44.2 Å². The Hall–Kier alpha value is -1.59. The van der Waals surface area contributed by atoms with E-state index >= 15 is 0 Å². The first-order chi connectivity index (χ1) is 13.6. The third-order valence-corrected chi connectivity index (χ3v) is 4.40. The molecule has 1 aliphatic heterocycles. The van der Waals surface area contributed by atoms with Gasteiger partial charge in [-0.25, -0.2) is 4.99 Å². The number of nitrogens with one attached hydrogen (secondary N) is 1. The molecule has 1 aromatic rings. The summed E-state index contributed by atoms with van der Waals surface area (Å²) in [4.78, 5) is 17.9. The molecule has 1 saturated heterocycles. The zero-order chi connectivity index (χ0) is 20.2. The number of likely N-dealkylation sites (tertiary alicyclic amines) is 1. The molecule has 164 valence electrons. The number of amides is 1. The second-order valence-electron chi connectivity index (χ2n) is 6.74. The number of benzene rings is 1. The second-order valence-corrected chi connectivity index (χ2v) is 6.74. The summed E-state index contributed by atoms with van der Waals surface area (Å²) in [5.74, 6) is 1.54. The summed E-state index contributed by atoms with van der Waals surface area (Å²) in [7, 11) is 1.68. The van der Waals surface area contributed by atoms with Crippen LogP contribution >= 0.6 is 24.0 Å². The molecule has 1 amide bonds. The van der Waals surface area contributed by atoms with E-state index in [9.17, 15) is 4.79 Å². The van der Waals surface area contributed by atoms with E-state index in [4.69, 9.17) is 24.9 Å². The molecule has 1 aliphatic rings. The Bertz CT molecular complexity index is 645. The van der Waals surface area contributed by atoms with Crippen molar-refractivity contribution in [3.05, 3.63) is 29.8 Å². The highest BCUT2D eigenvalue weighted by Gasteiger charge is 2.24. The van der Waals surface area contributed by atoms with Gasteiger partial charge in [-0.05, 0) is 31.0 Å². The fraction of sp³-hybridized carbons (Fsp3) is 0.600. The lowest BCUT2D eigenvalue weighted by Crippen LogP contribution is -2.40. The molecule has 0 radical (unpaired) electrons. The number of methoxy groups -OCH3 is 1. The quantitative estimate of drug-likeness (QED) is 0.199. The molecule has 8 nitrogen and oxygen atoms in total. The maximum atomic E-state index is 10.9. The minimum Gasteiger partial charge on any atom is -0.484 e. The van der Waals surface area contributed by atoms with Crippen LogP contribution in [0.4, 0.5) is 0 Å². The van der Waals surface area contributed by atoms with Crippen LogP contribution in [0.5, 0.6) is 5.75 Å². The van der Waals surface area contributed by atoms with Gasteiger partial charge < -0.3 is 30.2 Å². The lowest BCUT2D eigenvalue weighted by atomic mass is 10.1. The normalized spacial score (nSPS) is 16.4. The number of ether oxygens (including phenoxy) is 3. The summed E-state index contributed by atoms with van der Waals surface area (Å²) in [6.07, 6.45) is 1.09. The average molecular weight is 520 g/mol. The number of carbonyl (C=O) groups is 1. The number of nitrogens with two attached hydrogens (primary N) is 1. The molecule has 1 unspecified atom stereocenters. The molecule has 0 aliphatic carbocycles. The van der Waals surface area contributed by atoms with Gasteiger partial charge in [0.1, 0.15) is 5.75 Å².